The second-order valence-corrected chi connectivity index (χ2v) is 5.42. The molecule has 0 aliphatic heterocycles. The molecule has 2 N–H and O–H groups in total. The number of rotatable bonds is 4. The molecule has 0 bridgehead atoms. The number of carbonyl (C=O) groups is 2. The van der Waals surface area contributed by atoms with Gasteiger partial charge in [-0.2, -0.15) is 0 Å². The summed E-state index contributed by atoms with van der Waals surface area (Å²) in [6, 6.07) is 4.77. The van der Waals surface area contributed by atoms with Crippen molar-refractivity contribution in [1.29, 1.82) is 0 Å². The SMILES string of the molecule is O=C(CNC(=O)C1CCC1)Nc1cc(Cl)cc(Cl)c1. The molecule has 0 unspecified atom stereocenters. The summed E-state index contributed by atoms with van der Waals surface area (Å²) in [6.45, 7) is -0.0422. The monoisotopic (exact) mass is 300 g/mol. The lowest BCUT2D eigenvalue weighted by molar-refractivity contribution is -0.129. The lowest BCUT2D eigenvalue weighted by Crippen LogP contribution is -2.39. The van der Waals surface area contributed by atoms with Gasteiger partial charge in [0.15, 0.2) is 0 Å². The lowest BCUT2D eigenvalue weighted by Gasteiger charge is -2.23. The Balaban J connectivity index is 1.81. The van der Waals surface area contributed by atoms with Gasteiger partial charge in [0.1, 0.15) is 0 Å². The maximum Gasteiger partial charge on any atom is 0.243 e. The Morgan fingerprint density at radius 2 is 1.79 bits per heavy atom. The van der Waals surface area contributed by atoms with Crippen molar-refractivity contribution in [1.82, 2.24) is 5.32 Å². The fourth-order valence-electron chi connectivity index (χ4n) is 1.81. The van der Waals surface area contributed by atoms with E-state index < -0.39 is 0 Å². The molecule has 0 atom stereocenters. The van der Waals surface area contributed by atoms with E-state index >= 15 is 0 Å². The van der Waals surface area contributed by atoms with E-state index in [1.165, 1.54) is 0 Å². The van der Waals surface area contributed by atoms with E-state index in [9.17, 15) is 9.59 Å². The first-order chi connectivity index (χ1) is 9.04. The van der Waals surface area contributed by atoms with Crippen molar-refractivity contribution in [3.8, 4) is 0 Å². The predicted molar refractivity (Wildman–Crippen MR) is 75.4 cm³/mol. The maximum absolute atomic E-state index is 11.7. The van der Waals surface area contributed by atoms with Gasteiger partial charge in [0.05, 0.1) is 6.54 Å². The standard InChI is InChI=1S/C13H14Cl2N2O2/c14-9-4-10(15)6-11(5-9)17-12(18)7-16-13(19)8-2-1-3-8/h4-6,8H,1-3,7H2,(H,16,19)(H,17,18). The minimum absolute atomic E-state index is 0.0422. The molecular formula is C13H14Cl2N2O2. The molecule has 0 radical (unpaired) electrons. The molecule has 6 heteroatoms. The molecule has 2 rings (SSSR count). The van der Waals surface area contributed by atoms with E-state index in [2.05, 4.69) is 10.6 Å². The summed E-state index contributed by atoms with van der Waals surface area (Å²) in [5, 5.41) is 6.14. The first kappa shape index (κ1) is 14.2. The van der Waals surface area contributed by atoms with Crippen LogP contribution in [-0.2, 0) is 9.59 Å². The molecule has 19 heavy (non-hydrogen) atoms. The molecule has 1 aromatic rings. The molecule has 1 fully saturated rings. The summed E-state index contributed by atoms with van der Waals surface area (Å²) in [5.74, 6) is -0.273. The Kier molecular flexibility index (Phi) is 4.66. The molecular weight excluding hydrogens is 287 g/mol. The zero-order chi connectivity index (χ0) is 13.8. The summed E-state index contributed by atoms with van der Waals surface area (Å²) < 4.78 is 0. The van der Waals surface area contributed by atoms with Crippen molar-refractivity contribution in [2.45, 2.75) is 19.3 Å². The summed E-state index contributed by atoms with van der Waals surface area (Å²) in [7, 11) is 0. The van der Waals surface area contributed by atoms with Crippen LogP contribution in [0.1, 0.15) is 19.3 Å². The van der Waals surface area contributed by atoms with E-state index in [1.807, 2.05) is 0 Å². The van der Waals surface area contributed by atoms with Gasteiger partial charge in [-0.25, -0.2) is 0 Å². The number of nitrogens with one attached hydrogen (secondary N) is 2. The second kappa shape index (κ2) is 6.26. The number of benzene rings is 1. The molecule has 1 aliphatic rings. The number of carbonyl (C=O) groups excluding carboxylic acids is 2. The van der Waals surface area contributed by atoms with Gasteiger partial charge in [-0.3, -0.25) is 9.59 Å². The van der Waals surface area contributed by atoms with Crippen molar-refractivity contribution >= 4 is 40.7 Å². The summed E-state index contributed by atoms with van der Waals surface area (Å²) in [5.41, 5.74) is 0.514. The van der Waals surface area contributed by atoms with Crippen molar-refractivity contribution in [3.05, 3.63) is 28.2 Å². The molecule has 0 saturated heterocycles. The van der Waals surface area contributed by atoms with E-state index in [1.54, 1.807) is 18.2 Å². The third-order valence-electron chi connectivity index (χ3n) is 3.05. The molecule has 0 spiro atoms. The Bertz CT molecular complexity index is 481. The van der Waals surface area contributed by atoms with E-state index in [-0.39, 0.29) is 24.3 Å². The van der Waals surface area contributed by atoms with Crippen molar-refractivity contribution in [2.75, 3.05) is 11.9 Å². The largest absolute Gasteiger partial charge is 0.347 e. The fraction of sp³-hybridized carbons (Fsp3) is 0.385. The second-order valence-electron chi connectivity index (χ2n) is 4.55. The summed E-state index contributed by atoms with van der Waals surface area (Å²) >= 11 is 11.6. The smallest absolute Gasteiger partial charge is 0.243 e. The Hall–Kier alpha value is -1.26. The van der Waals surface area contributed by atoms with Crippen LogP contribution in [0.15, 0.2) is 18.2 Å². The number of halogens is 2. The van der Waals surface area contributed by atoms with Crippen LogP contribution in [0.2, 0.25) is 10.0 Å². The molecule has 0 aromatic heterocycles. The van der Waals surface area contributed by atoms with Gasteiger partial charge in [-0.05, 0) is 31.0 Å². The van der Waals surface area contributed by atoms with Gasteiger partial charge in [-0.15, -0.1) is 0 Å². The zero-order valence-electron chi connectivity index (χ0n) is 10.2. The maximum atomic E-state index is 11.7. The van der Waals surface area contributed by atoms with Crippen LogP contribution in [0.5, 0.6) is 0 Å². The van der Waals surface area contributed by atoms with Gasteiger partial charge >= 0.3 is 0 Å². The van der Waals surface area contributed by atoms with Crippen LogP contribution in [0.3, 0.4) is 0 Å². The topological polar surface area (TPSA) is 58.2 Å². The van der Waals surface area contributed by atoms with Gasteiger partial charge in [0.25, 0.3) is 0 Å². The minimum Gasteiger partial charge on any atom is -0.347 e. The molecule has 1 saturated carbocycles. The van der Waals surface area contributed by atoms with Crippen molar-refractivity contribution < 1.29 is 9.59 Å². The molecule has 0 heterocycles. The number of hydrogen-bond donors (Lipinski definition) is 2. The average molecular weight is 301 g/mol. The Labute approximate surface area is 121 Å². The highest BCUT2D eigenvalue weighted by Crippen LogP contribution is 2.26. The number of amides is 2. The van der Waals surface area contributed by atoms with Crippen LogP contribution in [0, 0.1) is 5.92 Å². The van der Waals surface area contributed by atoms with Crippen LogP contribution in [0.25, 0.3) is 0 Å². The van der Waals surface area contributed by atoms with Crippen molar-refractivity contribution in [2.24, 2.45) is 5.92 Å². The highest BCUT2D eigenvalue weighted by Gasteiger charge is 2.25. The normalized spacial score (nSPS) is 14.6. The average Bonchev–Trinajstić information content (AvgIpc) is 2.22. The molecule has 1 aliphatic carbocycles. The van der Waals surface area contributed by atoms with Gasteiger partial charge in [0.2, 0.25) is 11.8 Å². The molecule has 4 nitrogen and oxygen atoms in total. The van der Waals surface area contributed by atoms with Crippen LogP contribution in [0.4, 0.5) is 5.69 Å². The highest BCUT2D eigenvalue weighted by molar-refractivity contribution is 6.35. The third-order valence-corrected chi connectivity index (χ3v) is 3.48. The zero-order valence-corrected chi connectivity index (χ0v) is 11.7. The van der Waals surface area contributed by atoms with Crippen LogP contribution >= 0.6 is 23.2 Å². The van der Waals surface area contributed by atoms with Crippen LogP contribution < -0.4 is 10.6 Å². The molecule has 102 valence electrons. The van der Waals surface area contributed by atoms with Crippen LogP contribution in [-0.4, -0.2) is 18.4 Å². The van der Waals surface area contributed by atoms with E-state index in [4.69, 9.17) is 23.2 Å². The third kappa shape index (κ3) is 4.11. The molecule has 2 amide bonds. The summed E-state index contributed by atoms with van der Waals surface area (Å²) in [4.78, 5) is 23.2. The Morgan fingerprint density at radius 3 is 2.32 bits per heavy atom. The number of hydrogen-bond acceptors (Lipinski definition) is 2. The fourth-order valence-corrected chi connectivity index (χ4v) is 2.34. The summed E-state index contributed by atoms with van der Waals surface area (Å²) in [6.07, 6.45) is 2.92. The Morgan fingerprint density at radius 1 is 1.16 bits per heavy atom. The quantitative estimate of drug-likeness (QED) is 0.898. The first-order valence-corrected chi connectivity index (χ1v) is 6.84. The predicted octanol–water partition coefficient (Wildman–Crippen LogP) is 2.85. The molecule has 1 aromatic carbocycles. The van der Waals surface area contributed by atoms with E-state index in [0.717, 1.165) is 19.3 Å². The number of anilines is 1. The minimum atomic E-state index is -0.300. The first-order valence-electron chi connectivity index (χ1n) is 6.08. The van der Waals surface area contributed by atoms with E-state index in [0.29, 0.717) is 15.7 Å². The van der Waals surface area contributed by atoms with Crippen molar-refractivity contribution in [3.63, 3.8) is 0 Å². The van der Waals surface area contributed by atoms with Gasteiger partial charge < -0.3 is 10.6 Å². The van der Waals surface area contributed by atoms with Gasteiger partial charge in [-0.1, -0.05) is 29.6 Å². The van der Waals surface area contributed by atoms with Gasteiger partial charge in [0, 0.05) is 21.7 Å². The lowest BCUT2D eigenvalue weighted by atomic mass is 9.85. The highest BCUT2D eigenvalue weighted by atomic mass is 35.5.